The molecule has 0 unspecified atom stereocenters. The molecule has 0 aliphatic carbocycles. The number of sulfonamides is 1. The molecule has 1 aromatic carbocycles. The molecule has 0 atom stereocenters. The molecule has 0 N–H and O–H groups in total. The van der Waals surface area contributed by atoms with Crippen LogP contribution in [0, 0.1) is 12.7 Å². The van der Waals surface area contributed by atoms with Gasteiger partial charge in [0.2, 0.25) is 21.7 Å². The third-order valence-corrected chi connectivity index (χ3v) is 7.37. The molecule has 170 valence electrons. The molecule has 1 fully saturated rings. The van der Waals surface area contributed by atoms with Gasteiger partial charge in [-0.3, -0.25) is 4.98 Å². The van der Waals surface area contributed by atoms with Gasteiger partial charge in [0, 0.05) is 30.8 Å². The minimum Gasteiger partial charge on any atom is -0.339 e. The van der Waals surface area contributed by atoms with Crippen LogP contribution >= 0.6 is 0 Å². The van der Waals surface area contributed by atoms with Crippen LogP contribution in [0.1, 0.15) is 35.9 Å². The second kappa shape index (κ2) is 8.24. The van der Waals surface area contributed by atoms with Gasteiger partial charge in [0.15, 0.2) is 0 Å². The van der Waals surface area contributed by atoms with Crippen molar-refractivity contribution < 1.29 is 30.5 Å². The normalized spacial score (nSPS) is 16.4. The van der Waals surface area contributed by atoms with E-state index in [0.717, 1.165) is 18.3 Å². The van der Waals surface area contributed by atoms with Gasteiger partial charge in [-0.1, -0.05) is 11.2 Å². The largest absolute Gasteiger partial charge is 0.433 e. The van der Waals surface area contributed by atoms with Crippen LogP contribution in [0.2, 0.25) is 0 Å². The SMILES string of the molecule is Cc1ccc(F)cc1S(=O)(=O)N1CCC(c2nc(-c3ccc(C(F)(F)F)nc3)no2)CC1. The Morgan fingerprint density at radius 3 is 2.47 bits per heavy atom. The monoisotopic (exact) mass is 470 g/mol. The van der Waals surface area contributed by atoms with Gasteiger partial charge >= 0.3 is 6.18 Å². The molecule has 0 bridgehead atoms. The Morgan fingerprint density at radius 2 is 1.84 bits per heavy atom. The summed E-state index contributed by atoms with van der Waals surface area (Å²) in [6.45, 7) is 1.97. The van der Waals surface area contributed by atoms with E-state index >= 15 is 0 Å². The van der Waals surface area contributed by atoms with Crippen molar-refractivity contribution in [3.63, 3.8) is 0 Å². The standard InChI is InChI=1S/C20H18F4N4O3S/c1-12-2-4-15(21)10-16(12)32(29,30)28-8-6-13(7-9-28)19-26-18(27-31-19)14-3-5-17(25-11-14)20(22,23)24/h2-5,10-11,13H,6-9H2,1H3. The highest BCUT2D eigenvalue weighted by molar-refractivity contribution is 7.89. The van der Waals surface area contributed by atoms with Crippen molar-refractivity contribution in [3.05, 3.63) is 59.5 Å². The zero-order valence-electron chi connectivity index (χ0n) is 16.8. The molecule has 0 spiro atoms. The lowest BCUT2D eigenvalue weighted by molar-refractivity contribution is -0.141. The maximum absolute atomic E-state index is 13.6. The second-order valence-corrected chi connectivity index (χ2v) is 9.38. The van der Waals surface area contributed by atoms with E-state index in [2.05, 4.69) is 15.1 Å². The number of alkyl halides is 3. The fraction of sp³-hybridized carbons (Fsp3) is 0.350. The Bertz CT molecular complexity index is 1220. The molecular weight excluding hydrogens is 452 g/mol. The summed E-state index contributed by atoms with van der Waals surface area (Å²) in [7, 11) is -3.85. The lowest BCUT2D eigenvalue weighted by Gasteiger charge is -2.30. The Morgan fingerprint density at radius 1 is 1.12 bits per heavy atom. The van der Waals surface area contributed by atoms with Crippen molar-refractivity contribution in [2.75, 3.05) is 13.1 Å². The summed E-state index contributed by atoms with van der Waals surface area (Å²) in [6.07, 6.45) is -2.71. The fourth-order valence-corrected chi connectivity index (χ4v) is 5.25. The Hall–Kier alpha value is -2.86. The summed E-state index contributed by atoms with van der Waals surface area (Å²) in [6, 6.07) is 5.69. The van der Waals surface area contributed by atoms with Gasteiger partial charge in [-0.15, -0.1) is 0 Å². The van der Waals surface area contributed by atoms with Gasteiger partial charge in [-0.25, -0.2) is 12.8 Å². The molecular formula is C20H18F4N4O3S. The van der Waals surface area contributed by atoms with E-state index in [9.17, 15) is 26.0 Å². The van der Waals surface area contributed by atoms with E-state index < -0.39 is 27.7 Å². The molecule has 3 heterocycles. The highest BCUT2D eigenvalue weighted by atomic mass is 32.2. The summed E-state index contributed by atoms with van der Waals surface area (Å²) < 4.78 is 83.9. The second-order valence-electron chi connectivity index (χ2n) is 7.47. The van der Waals surface area contributed by atoms with Crippen molar-refractivity contribution in [2.24, 2.45) is 0 Å². The van der Waals surface area contributed by atoms with Gasteiger partial charge in [0.05, 0.1) is 4.90 Å². The highest BCUT2D eigenvalue weighted by Crippen LogP contribution is 2.32. The number of rotatable bonds is 4. The van der Waals surface area contributed by atoms with E-state index in [0.29, 0.717) is 18.4 Å². The van der Waals surface area contributed by atoms with E-state index in [1.165, 1.54) is 22.5 Å². The summed E-state index contributed by atoms with van der Waals surface area (Å²) in [5.74, 6) is -0.454. The van der Waals surface area contributed by atoms with E-state index in [1.807, 2.05) is 0 Å². The minimum absolute atomic E-state index is 0.0640. The predicted octanol–water partition coefficient (Wildman–Crippen LogP) is 4.17. The summed E-state index contributed by atoms with van der Waals surface area (Å²) >= 11 is 0. The third kappa shape index (κ3) is 4.37. The molecule has 3 aromatic rings. The zero-order valence-corrected chi connectivity index (χ0v) is 17.6. The lowest BCUT2D eigenvalue weighted by atomic mass is 9.98. The maximum atomic E-state index is 13.6. The molecule has 12 heteroatoms. The molecule has 4 rings (SSSR count). The highest BCUT2D eigenvalue weighted by Gasteiger charge is 2.34. The van der Waals surface area contributed by atoms with Gasteiger partial charge in [-0.05, 0) is 49.6 Å². The van der Waals surface area contributed by atoms with E-state index in [4.69, 9.17) is 4.52 Å². The van der Waals surface area contributed by atoms with Gasteiger partial charge < -0.3 is 4.52 Å². The van der Waals surface area contributed by atoms with Crippen LogP contribution in [-0.4, -0.2) is 40.9 Å². The van der Waals surface area contributed by atoms with E-state index in [-0.39, 0.29) is 41.2 Å². The van der Waals surface area contributed by atoms with E-state index in [1.54, 1.807) is 6.92 Å². The minimum atomic E-state index is -4.54. The first kappa shape index (κ1) is 22.3. The third-order valence-electron chi connectivity index (χ3n) is 5.33. The van der Waals surface area contributed by atoms with Gasteiger partial charge in [0.1, 0.15) is 11.5 Å². The average Bonchev–Trinajstić information content (AvgIpc) is 3.25. The summed E-state index contributed by atoms with van der Waals surface area (Å²) in [5, 5.41) is 3.81. The smallest absolute Gasteiger partial charge is 0.339 e. The number of pyridine rings is 1. The van der Waals surface area contributed by atoms with Crippen LogP contribution in [-0.2, 0) is 16.2 Å². The first-order valence-corrected chi connectivity index (χ1v) is 11.1. The van der Waals surface area contributed by atoms with Crippen molar-refractivity contribution >= 4 is 10.0 Å². The number of halogens is 4. The fourth-order valence-electron chi connectivity index (χ4n) is 3.55. The molecule has 0 amide bonds. The molecule has 1 saturated heterocycles. The molecule has 2 aromatic heterocycles. The number of aryl methyl sites for hydroxylation is 1. The number of hydrogen-bond acceptors (Lipinski definition) is 6. The predicted molar refractivity (Wildman–Crippen MR) is 104 cm³/mol. The summed E-state index contributed by atoms with van der Waals surface area (Å²) in [5.41, 5.74) is -0.290. The first-order valence-electron chi connectivity index (χ1n) is 9.69. The average molecular weight is 470 g/mol. The van der Waals surface area contributed by atoms with Crippen LogP contribution in [0.15, 0.2) is 45.9 Å². The van der Waals surface area contributed by atoms with Crippen molar-refractivity contribution in [2.45, 2.75) is 36.8 Å². The van der Waals surface area contributed by atoms with Crippen LogP contribution in [0.4, 0.5) is 17.6 Å². The number of piperidine rings is 1. The molecule has 0 radical (unpaired) electrons. The maximum Gasteiger partial charge on any atom is 0.433 e. The lowest BCUT2D eigenvalue weighted by Crippen LogP contribution is -2.38. The molecule has 32 heavy (non-hydrogen) atoms. The summed E-state index contributed by atoms with van der Waals surface area (Å²) in [4.78, 5) is 7.57. The molecule has 1 aliphatic rings. The topological polar surface area (TPSA) is 89.2 Å². The van der Waals surface area contributed by atoms with Crippen molar-refractivity contribution in [1.82, 2.24) is 19.4 Å². The Balaban J connectivity index is 1.45. The van der Waals surface area contributed by atoms with Crippen LogP contribution < -0.4 is 0 Å². The van der Waals surface area contributed by atoms with Crippen molar-refractivity contribution in [3.8, 4) is 11.4 Å². The number of nitrogens with zero attached hydrogens (tertiary/aromatic N) is 4. The molecule has 7 nitrogen and oxygen atoms in total. The molecule has 1 aliphatic heterocycles. The quantitative estimate of drug-likeness (QED) is 0.532. The number of hydrogen-bond donors (Lipinski definition) is 0. The number of aromatic nitrogens is 3. The molecule has 0 saturated carbocycles. The van der Waals surface area contributed by atoms with Crippen LogP contribution in [0.3, 0.4) is 0 Å². The zero-order chi connectivity index (χ0) is 23.1. The number of benzene rings is 1. The van der Waals surface area contributed by atoms with Crippen LogP contribution in [0.25, 0.3) is 11.4 Å². The van der Waals surface area contributed by atoms with Gasteiger partial charge in [0.25, 0.3) is 0 Å². The van der Waals surface area contributed by atoms with Crippen LogP contribution in [0.5, 0.6) is 0 Å². The van der Waals surface area contributed by atoms with Gasteiger partial charge in [-0.2, -0.15) is 22.5 Å². The first-order chi connectivity index (χ1) is 15.1. The van der Waals surface area contributed by atoms with Crippen molar-refractivity contribution in [1.29, 1.82) is 0 Å². The Labute approximate surface area is 181 Å². The Kier molecular flexibility index (Phi) is 5.76.